The molecule has 0 atom stereocenters. The maximum absolute atomic E-state index is 6.93. The molecular formula is C18H46N2O2Si3. The van der Waals surface area contributed by atoms with Gasteiger partial charge in [-0.2, -0.15) is 0 Å². The van der Waals surface area contributed by atoms with Gasteiger partial charge in [0.1, 0.15) is 0 Å². The van der Waals surface area contributed by atoms with Gasteiger partial charge in [-0.05, 0) is 85.9 Å². The molecule has 0 aromatic heterocycles. The number of nitrogens with two attached hydrogens (primary N) is 2. The molecule has 0 spiro atoms. The van der Waals surface area contributed by atoms with Gasteiger partial charge in [0.2, 0.25) is 8.32 Å². The lowest BCUT2D eigenvalue weighted by Crippen LogP contribution is -2.65. The van der Waals surface area contributed by atoms with Crippen LogP contribution in [0.4, 0.5) is 0 Å². The Balaban J connectivity index is 5.25. The molecule has 0 amide bonds. The van der Waals surface area contributed by atoms with E-state index >= 15 is 0 Å². The van der Waals surface area contributed by atoms with Crippen LogP contribution in [0.1, 0.15) is 40.5 Å². The van der Waals surface area contributed by atoms with E-state index in [2.05, 4.69) is 67.0 Å². The van der Waals surface area contributed by atoms with Crippen LogP contribution in [0, 0.1) is 0 Å². The van der Waals surface area contributed by atoms with Crippen molar-refractivity contribution in [3.63, 3.8) is 0 Å². The summed E-state index contributed by atoms with van der Waals surface area (Å²) in [6.45, 7) is 24.7. The normalized spacial score (nSPS) is 14.9. The Hall–Kier alpha value is 0.491. The van der Waals surface area contributed by atoms with Crippen molar-refractivity contribution >= 4 is 24.7 Å². The average Bonchev–Trinajstić information content (AvgIpc) is 2.40. The van der Waals surface area contributed by atoms with Crippen LogP contribution in [0.5, 0.6) is 0 Å². The lowest BCUT2D eigenvalue weighted by atomic mass is 10.5. The van der Waals surface area contributed by atoms with Gasteiger partial charge >= 0.3 is 0 Å². The average molecular weight is 407 g/mol. The van der Waals surface area contributed by atoms with Crippen LogP contribution in [-0.2, 0) is 8.85 Å². The van der Waals surface area contributed by atoms with E-state index in [0.29, 0.717) is 0 Å². The third kappa shape index (κ3) is 7.56. The first-order valence-electron chi connectivity index (χ1n) is 9.84. The van der Waals surface area contributed by atoms with E-state index < -0.39 is 24.7 Å². The number of hydrogen-bond donors (Lipinski definition) is 2. The zero-order chi connectivity index (χ0) is 20.2. The molecule has 4 N–H and O–H groups in total. The highest BCUT2D eigenvalue weighted by atomic mass is 28.4. The largest absolute Gasteiger partial charge is 0.412 e. The summed E-state index contributed by atoms with van der Waals surface area (Å²) in [4.78, 5) is 0. The molecule has 0 fully saturated rings. The Labute approximate surface area is 160 Å². The zero-order valence-electron chi connectivity index (χ0n) is 18.7. The molecule has 0 aliphatic rings. The van der Waals surface area contributed by atoms with E-state index in [1.807, 2.05) is 0 Å². The first-order chi connectivity index (χ1) is 11.0. The molecule has 0 heterocycles. The van der Waals surface area contributed by atoms with E-state index in [4.69, 9.17) is 20.3 Å². The molecule has 0 radical (unpaired) electrons. The van der Waals surface area contributed by atoms with Crippen LogP contribution >= 0.6 is 0 Å². The molecule has 0 aliphatic heterocycles. The molecular weight excluding hydrogens is 360 g/mol. The van der Waals surface area contributed by atoms with Crippen molar-refractivity contribution in [3.05, 3.63) is 0 Å². The Morgan fingerprint density at radius 3 is 1.56 bits per heavy atom. The second kappa shape index (κ2) is 9.12. The van der Waals surface area contributed by atoms with Crippen molar-refractivity contribution in [3.8, 4) is 0 Å². The second-order valence-corrected chi connectivity index (χ2v) is 24.3. The van der Waals surface area contributed by atoms with Crippen LogP contribution in [0.25, 0.3) is 0 Å². The fourth-order valence-corrected chi connectivity index (χ4v) is 12.6. The minimum Gasteiger partial charge on any atom is -0.412 e. The van der Waals surface area contributed by atoms with Gasteiger partial charge in [0.15, 0.2) is 8.32 Å². The summed E-state index contributed by atoms with van der Waals surface area (Å²) in [5, 5.41) is -0.297. The predicted molar refractivity (Wildman–Crippen MR) is 120 cm³/mol. The first kappa shape index (κ1) is 25.5. The van der Waals surface area contributed by atoms with E-state index in [9.17, 15) is 0 Å². The van der Waals surface area contributed by atoms with Crippen LogP contribution in [-0.4, -0.2) is 48.2 Å². The summed E-state index contributed by atoms with van der Waals surface area (Å²) in [5.41, 5.74) is 11.5. The summed E-state index contributed by atoms with van der Waals surface area (Å²) < 4.78 is 13.7. The highest BCUT2D eigenvalue weighted by Gasteiger charge is 2.51. The van der Waals surface area contributed by atoms with Gasteiger partial charge in [-0.3, -0.25) is 0 Å². The molecule has 152 valence electrons. The van der Waals surface area contributed by atoms with Crippen molar-refractivity contribution in [2.45, 2.75) is 102 Å². The molecule has 0 saturated heterocycles. The smallest absolute Gasteiger partial charge is 0.216 e. The highest BCUT2D eigenvalue weighted by molar-refractivity contribution is 6.82. The lowest BCUT2D eigenvalue weighted by Gasteiger charge is -2.51. The summed E-state index contributed by atoms with van der Waals surface area (Å²) in [6, 6.07) is 2.32. The predicted octanol–water partition coefficient (Wildman–Crippen LogP) is 4.47. The minimum atomic E-state index is -2.08. The van der Waals surface area contributed by atoms with Gasteiger partial charge in [0.05, 0.1) is 13.3 Å². The lowest BCUT2D eigenvalue weighted by molar-refractivity contribution is 0.0983. The van der Waals surface area contributed by atoms with Gasteiger partial charge in [0, 0.05) is 5.22 Å². The topological polar surface area (TPSA) is 70.5 Å². The SMILES string of the molecule is CC(C)(O[Si](C)(C)C(C)(C)O[Si](C)(C)CCCN)[Si](C)(C)CCCN. The quantitative estimate of drug-likeness (QED) is 0.469. The highest BCUT2D eigenvalue weighted by Crippen LogP contribution is 2.37. The zero-order valence-corrected chi connectivity index (χ0v) is 21.7. The Morgan fingerprint density at radius 1 is 0.680 bits per heavy atom. The molecule has 0 saturated carbocycles. The monoisotopic (exact) mass is 406 g/mol. The molecule has 0 aliphatic carbocycles. The van der Waals surface area contributed by atoms with Gasteiger partial charge in [-0.1, -0.05) is 19.1 Å². The minimum absolute atomic E-state index is 0.0819. The van der Waals surface area contributed by atoms with E-state index in [-0.39, 0.29) is 10.4 Å². The Bertz CT molecular complexity index is 411. The van der Waals surface area contributed by atoms with Crippen molar-refractivity contribution in [2.75, 3.05) is 13.1 Å². The molecule has 0 bridgehead atoms. The maximum Gasteiger partial charge on any atom is 0.216 e. The summed E-state index contributed by atoms with van der Waals surface area (Å²) in [5.74, 6) is 0. The van der Waals surface area contributed by atoms with Crippen molar-refractivity contribution in [1.82, 2.24) is 0 Å². The molecule has 0 aromatic rings. The third-order valence-electron chi connectivity index (χ3n) is 6.11. The van der Waals surface area contributed by atoms with Crippen LogP contribution < -0.4 is 11.5 Å². The van der Waals surface area contributed by atoms with Gasteiger partial charge < -0.3 is 20.3 Å². The van der Waals surface area contributed by atoms with Crippen LogP contribution in [0.3, 0.4) is 0 Å². The summed E-state index contributed by atoms with van der Waals surface area (Å²) >= 11 is 0. The molecule has 25 heavy (non-hydrogen) atoms. The van der Waals surface area contributed by atoms with Crippen LogP contribution in [0.15, 0.2) is 0 Å². The fourth-order valence-electron chi connectivity index (χ4n) is 3.14. The Kier molecular flexibility index (Phi) is 9.30. The van der Waals surface area contributed by atoms with Crippen LogP contribution in [0.2, 0.25) is 51.4 Å². The standard InChI is InChI=1S/C18H46N2O2Si3/c1-17(2,23(5,6)15-11-13-19)22-25(9,10)18(3,4)21-24(7,8)16-12-14-20/h11-16,19-20H2,1-10H3. The molecule has 7 heteroatoms. The summed E-state index contributed by atoms with van der Waals surface area (Å²) in [7, 11) is -5.37. The molecule has 4 nitrogen and oxygen atoms in total. The molecule has 0 rings (SSSR count). The fraction of sp³-hybridized carbons (Fsp3) is 1.00. The van der Waals surface area contributed by atoms with Gasteiger partial charge in [-0.25, -0.2) is 0 Å². The number of hydrogen-bond acceptors (Lipinski definition) is 4. The van der Waals surface area contributed by atoms with Crippen molar-refractivity contribution in [2.24, 2.45) is 11.5 Å². The third-order valence-corrected chi connectivity index (χ3v) is 18.1. The van der Waals surface area contributed by atoms with Gasteiger partial charge in [0.25, 0.3) is 0 Å². The van der Waals surface area contributed by atoms with Crippen molar-refractivity contribution < 1.29 is 8.85 Å². The van der Waals surface area contributed by atoms with Gasteiger partial charge in [-0.15, -0.1) is 0 Å². The number of rotatable bonds is 12. The summed E-state index contributed by atoms with van der Waals surface area (Å²) in [6.07, 6.45) is 2.13. The first-order valence-corrected chi connectivity index (χ1v) is 19.1. The maximum atomic E-state index is 6.93. The van der Waals surface area contributed by atoms with E-state index in [1.165, 1.54) is 6.04 Å². The molecule has 0 unspecified atom stereocenters. The van der Waals surface area contributed by atoms with E-state index in [1.54, 1.807) is 0 Å². The molecule has 0 aromatic carbocycles. The van der Waals surface area contributed by atoms with E-state index in [0.717, 1.165) is 32.0 Å². The second-order valence-electron chi connectivity index (χ2n) is 10.2. The Morgan fingerprint density at radius 2 is 1.12 bits per heavy atom. The van der Waals surface area contributed by atoms with Crippen molar-refractivity contribution in [1.29, 1.82) is 0 Å².